The number of hydrogen-bond acceptors (Lipinski definition) is 2. The molecule has 0 radical (unpaired) electrons. The smallest absolute Gasteiger partial charge is 0.0426 e. The van der Waals surface area contributed by atoms with Gasteiger partial charge in [0.1, 0.15) is 0 Å². The molecule has 0 heterocycles. The lowest BCUT2D eigenvalue weighted by Gasteiger charge is -2.37. The molecule has 1 aromatic carbocycles. The van der Waals surface area contributed by atoms with Crippen LogP contribution in [0.25, 0.3) is 0 Å². The SMILES string of the molecule is CCC1CCC(N(C)c2cc(Cl)ccc2CNC)CC1. The third-order valence-electron chi connectivity index (χ3n) is 4.74. The van der Waals surface area contributed by atoms with Gasteiger partial charge in [0.15, 0.2) is 0 Å². The lowest BCUT2D eigenvalue weighted by molar-refractivity contribution is 0.313. The summed E-state index contributed by atoms with van der Waals surface area (Å²) in [4.78, 5) is 2.45. The molecule has 1 aliphatic carbocycles. The third-order valence-corrected chi connectivity index (χ3v) is 4.97. The Balaban J connectivity index is 2.12. The minimum absolute atomic E-state index is 0.659. The van der Waals surface area contributed by atoms with Crippen molar-refractivity contribution in [2.45, 2.75) is 51.6 Å². The van der Waals surface area contributed by atoms with Crippen molar-refractivity contribution in [3.8, 4) is 0 Å². The molecule has 0 amide bonds. The van der Waals surface area contributed by atoms with Gasteiger partial charge in [0, 0.05) is 30.3 Å². The summed E-state index contributed by atoms with van der Waals surface area (Å²) in [5, 5.41) is 4.08. The van der Waals surface area contributed by atoms with Crippen molar-refractivity contribution in [2.75, 3.05) is 19.0 Å². The van der Waals surface area contributed by atoms with E-state index in [0.29, 0.717) is 6.04 Å². The molecule has 1 saturated carbocycles. The van der Waals surface area contributed by atoms with Gasteiger partial charge in [-0.15, -0.1) is 0 Å². The highest BCUT2D eigenvalue weighted by Crippen LogP contribution is 2.33. The standard InChI is InChI=1S/C17H27ClN2/c1-4-13-5-9-16(10-6-13)20(3)17-11-15(18)8-7-14(17)12-19-2/h7-8,11,13,16,19H,4-6,9-10,12H2,1-3H3. The van der Waals surface area contributed by atoms with Crippen LogP contribution in [0.3, 0.4) is 0 Å². The first-order valence-corrected chi connectivity index (χ1v) is 8.19. The molecule has 0 aromatic heterocycles. The van der Waals surface area contributed by atoms with E-state index in [0.717, 1.165) is 17.5 Å². The van der Waals surface area contributed by atoms with Gasteiger partial charge in [0.2, 0.25) is 0 Å². The van der Waals surface area contributed by atoms with Crippen molar-refractivity contribution < 1.29 is 0 Å². The van der Waals surface area contributed by atoms with E-state index < -0.39 is 0 Å². The number of nitrogens with one attached hydrogen (secondary N) is 1. The van der Waals surface area contributed by atoms with Crippen LogP contribution < -0.4 is 10.2 Å². The van der Waals surface area contributed by atoms with E-state index in [9.17, 15) is 0 Å². The fourth-order valence-electron chi connectivity index (χ4n) is 3.34. The van der Waals surface area contributed by atoms with Crippen molar-refractivity contribution in [3.05, 3.63) is 28.8 Å². The summed E-state index contributed by atoms with van der Waals surface area (Å²) in [5.74, 6) is 0.941. The number of hydrogen-bond donors (Lipinski definition) is 1. The second-order valence-corrected chi connectivity index (χ2v) is 6.43. The van der Waals surface area contributed by atoms with Crippen molar-refractivity contribution in [1.29, 1.82) is 0 Å². The third kappa shape index (κ3) is 3.67. The summed E-state index contributed by atoms with van der Waals surface area (Å²) in [6, 6.07) is 6.90. The van der Waals surface area contributed by atoms with Crippen LogP contribution in [0.5, 0.6) is 0 Å². The molecule has 112 valence electrons. The Labute approximate surface area is 128 Å². The number of benzene rings is 1. The van der Waals surface area contributed by atoms with Crippen LogP contribution in [0.2, 0.25) is 5.02 Å². The Morgan fingerprint density at radius 1 is 1.25 bits per heavy atom. The quantitative estimate of drug-likeness (QED) is 0.862. The van der Waals surface area contributed by atoms with Gasteiger partial charge in [-0.1, -0.05) is 31.0 Å². The maximum Gasteiger partial charge on any atom is 0.0426 e. The van der Waals surface area contributed by atoms with Gasteiger partial charge in [-0.25, -0.2) is 0 Å². The molecule has 2 nitrogen and oxygen atoms in total. The topological polar surface area (TPSA) is 15.3 Å². The normalized spacial score (nSPS) is 22.8. The highest BCUT2D eigenvalue weighted by Gasteiger charge is 2.24. The molecule has 0 spiro atoms. The fraction of sp³-hybridized carbons (Fsp3) is 0.647. The van der Waals surface area contributed by atoms with E-state index in [1.165, 1.54) is 43.4 Å². The molecule has 0 saturated heterocycles. The van der Waals surface area contributed by atoms with Gasteiger partial charge >= 0.3 is 0 Å². The van der Waals surface area contributed by atoms with Crippen molar-refractivity contribution in [3.63, 3.8) is 0 Å². The van der Waals surface area contributed by atoms with Crippen molar-refractivity contribution in [1.82, 2.24) is 5.32 Å². The van der Waals surface area contributed by atoms with E-state index in [2.05, 4.69) is 36.3 Å². The Hall–Kier alpha value is -0.730. The molecule has 0 unspecified atom stereocenters. The minimum Gasteiger partial charge on any atom is -0.371 e. The van der Waals surface area contributed by atoms with Crippen LogP contribution in [0.4, 0.5) is 5.69 Å². The Morgan fingerprint density at radius 2 is 1.95 bits per heavy atom. The largest absolute Gasteiger partial charge is 0.371 e. The molecular formula is C17H27ClN2. The van der Waals surface area contributed by atoms with Crippen LogP contribution >= 0.6 is 11.6 Å². The van der Waals surface area contributed by atoms with Crippen LogP contribution in [0.15, 0.2) is 18.2 Å². The van der Waals surface area contributed by atoms with E-state index >= 15 is 0 Å². The number of rotatable bonds is 5. The second-order valence-electron chi connectivity index (χ2n) is 6.00. The van der Waals surface area contributed by atoms with Crippen LogP contribution in [0, 0.1) is 5.92 Å². The lowest BCUT2D eigenvalue weighted by Crippen LogP contribution is -2.36. The van der Waals surface area contributed by atoms with Gasteiger partial charge in [-0.2, -0.15) is 0 Å². The van der Waals surface area contributed by atoms with E-state index in [4.69, 9.17) is 11.6 Å². The summed E-state index contributed by atoms with van der Waals surface area (Å²) in [5.41, 5.74) is 2.61. The molecular weight excluding hydrogens is 268 g/mol. The molecule has 1 aliphatic rings. The summed E-state index contributed by atoms with van der Waals surface area (Å²) >= 11 is 6.20. The molecule has 0 atom stereocenters. The summed E-state index contributed by atoms with van der Waals surface area (Å²) in [7, 11) is 4.21. The zero-order chi connectivity index (χ0) is 14.5. The zero-order valence-electron chi connectivity index (χ0n) is 13.0. The molecule has 1 aromatic rings. The summed E-state index contributed by atoms with van der Waals surface area (Å²) < 4.78 is 0. The van der Waals surface area contributed by atoms with Gasteiger partial charge < -0.3 is 10.2 Å². The Morgan fingerprint density at radius 3 is 2.55 bits per heavy atom. The van der Waals surface area contributed by atoms with Gasteiger partial charge in [-0.3, -0.25) is 0 Å². The number of halogens is 1. The molecule has 2 rings (SSSR count). The van der Waals surface area contributed by atoms with Crippen LogP contribution in [0.1, 0.15) is 44.6 Å². The Bertz CT molecular complexity index is 425. The first kappa shape index (κ1) is 15.7. The van der Waals surface area contributed by atoms with Crippen molar-refractivity contribution >= 4 is 17.3 Å². The molecule has 3 heteroatoms. The van der Waals surface area contributed by atoms with Crippen molar-refractivity contribution in [2.24, 2.45) is 5.92 Å². The highest BCUT2D eigenvalue weighted by molar-refractivity contribution is 6.30. The van der Waals surface area contributed by atoms with Crippen LogP contribution in [-0.2, 0) is 6.54 Å². The van der Waals surface area contributed by atoms with Gasteiger partial charge in [-0.05, 0) is 56.3 Å². The first-order chi connectivity index (χ1) is 9.65. The Kier molecular flexibility index (Phi) is 5.74. The first-order valence-electron chi connectivity index (χ1n) is 7.81. The fourth-order valence-corrected chi connectivity index (χ4v) is 3.51. The average molecular weight is 295 g/mol. The minimum atomic E-state index is 0.659. The zero-order valence-corrected chi connectivity index (χ0v) is 13.7. The monoisotopic (exact) mass is 294 g/mol. The highest BCUT2D eigenvalue weighted by atomic mass is 35.5. The van der Waals surface area contributed by atoms with Gasteiger partial charge in [0.05, 0.1) is 0 Å². The van der Waals surface area contributed by atoms with E-state index in [1.807, 2.05) is 13.1 Å². The van der Waals surface area contributed by atoms with Crippen LogP contribution in [-0.4, -0.2) is 20.1 Å². The molecule has 1 N–H and O–H groups in total. The predicted molar refractivity (Wildman–Crippen MR) is 88.7 cm³/mol. The number of anilines is 1. The molecule has 20 heavy (non-hydrogen) atoms. The second kappa shape index (κ2) is 7.33. The van der Waals surface area contributed by atoms with Gasteiger partial charge in [0.25, 0.3) is 0 Å². The maximum atomic E-state index is 6.20. The lowest BCUT2D eigenvalue weighted by atomic mass is 9.84. The predicted octanol–water partition coefficient (Wildman–Crippen LogP) is 4.46. The van der Waals surface area contributed by atoms with E-state index in [-0.39, 0.29) is 0 Å². The molecule has 0 bridgehead atoms. The maximum absolute atomic E-state index is 6.20. The summed E-state index contributed by atoms with van der Waals surface area (Å²) in [6.07, 6.45) is 6.68. The summed E-state index contributed by atoms with van der Waals surface area (Å²) in [6.45, 7) is 3.21. The average Bonchev–Trinajstić information content (AvgIpc) is 2.48. The molecule has 1 fully saturated rings. The van der Waals surface area contributed by atoms with E-state index in [1.54, 1.807) is 0 Å². The molecule has 0 aliphatic heterocycles. The number of nitrogens with zero attached hydrogens (tertiary/aromatic N) is 1.